The number of hydrogen-bond acceptors (Lipinski definition) is 3. The number of ether oxygens (including phenoxy) is 1. The second-order valence-electron chi connectivity index (χ2n) is 5.87. The van der Waals surface area contributed by atoms with E-state index in [1.807, 2.05) is 30.9 Å². The van der Waals surface area contributed by atoms with Crippen molar-refractivity contribution in [2.45, 2.75) is 33.2 Å². The molecule has 1 aromatic carbocycles. The van der Waals surface area contributed by atoms with Crippen molar-refractivity contribution in [3.63, 3.8) is 0 Å². The van der Waals surface area contributed by atoms with Gasteiger partial charge in [-0.3, -0.25) is 4.79 Å². The molecule has 1 unspecified atom stereocenters. The summed E-state index contributed by atoms with van der Waals surface area (Å²) in [4.78, 5) is 15.9. The van der Waals surface area contributed by atoms with E-state index in [0.717, 1.165) is 29.8 Å². The number of rotatable bonds is 3. The van der Waals surface area contributed by atoms with E-state index in [2.05, 4.69) is 24.4 Å². The third-order valence-electron chi connectivity index (χ3n) is 4.29. The summed E-state index contributed by atoms with van der Waals surface area (Å²) in [6.07, 6.45) is 0.951. The molecule has 0 bridgehead atoms. The van der Waals surface area contributed by atoms with Crippen molar-refractivity contribution in [3.05, 3.63) is 51.2 Å². The molecule has 0 saturated carbocycles. The van der Waals surface area contributed by atoms with E-state index in [-0.39, 0.29) is 18.6 Å². The van der Waals surface area contributed by atoms with Crippen molar-refractivity contribution in [2.24, 2.45) is 0 Å². The molecule has 116 valence electrons. The Morgan fingerprint density at radius 2 is 2.18 bits per heavy atom. The minimum Gasteiger partial charge on any atom is -0.483 e. The van der Waals surface area contributed by atoms with Crippen LogP contribution < -0.4 is 4.74 Å². The summed E-state index contributed by atoms with van der Waals surface area (Å²) >= 11 is 1.79. The minimum absolute atomic E-state index is 0.0604. The van der Waals surface area contributed by atoms with E-state index >= 15 is 0 Å². The van der Waals surface area contributed by atoms with E-state index in [1.165, 1.54) is 10.4 Å². The molecule has 1 aliphatic rings. The monoisotopic (exact) mass is 315 g/mol. The Labute approximate surface area is 135 Å². The number of carbonyl (C=O) groups is 1. The van der Waals surface area contributed by atoms with Crippen LogP contribution in [0.5, 0.6) is 5.75 Å². The van der Waals surface area contributed by atoms with Gasteiger partial charge in [-0.1, -0.05) is 12.1 Å². The molecule has 1 amide bonds. The van der Waals surface area contributed by atoms with Crippen LogP contribution in [0.25, 0.3) is 0 Å². The van der Waals surface area contributed by atoms with Gasteiger partial charge in [-0.2, -0.15) is 0 Å². The maximum atomic E-state index is 12.5. The Hall–Kier alpha value is -1.81. The van der Waals surface area contributed by atoms with Crippen molar-refractivity contribution in [3.8, 4) is 5.75 Å². The molecule has 0 spiro atoms. The standard InChI is InChI=1S/C18H21NO2S/c1-12-4-5-13(2)16(10-12)21-11-18(20)19-8-6-17-15(14(19)3)7-9-22-17/h4-5,7,9-10,14H,6,8,11H2,1-3H3. The lowest BCUT2D eigenvalue weighted by atomic mass is 10.0. The zero-order chi connectivity index (χ0) is 15.7. The SMILES string of the molecule is Cc1ccc(C)c(OCC(=O)N2CCc3sccc3C2C)c1. The fraction of sp³-hybridized carbons (Fsp3) is 0.389. The summed E-state index contributed by atoms with van der Waals surface area (Å²) in [6.45, 7) is 7.01. The molecule has 0 saturated heterocycles. The number of carbonyl (C=O) groups excluding carboxylic acids is 1. The van der Waals surface area contributed by atoms with E-state index in [1.54, 1.807) is 11.3 Å². The van der Waals surface area contributed by atoms with Crippen LogP contribution in [0.1, 0.15) is 34.5 Å². The van der Waals surface area contributed by atoms with Gasteiger partial charge in [0, 0.05) is 11.4 Å². The highest BCUT2D eigenvalue weighted by atomic mass is 32.1. The molecule has 2 aromatic rings. The maximum absolute atomic E-state index is 12.5. The van der Waals surface area contributed by atoms with Gasteiger partial charge < -0.3 is 9.64 Å². The lowest BCUT2D eigenvalue weighted by Gasteiger charge is -2.33. The summed E-state index contributed by atoms with van der Waals surface area (Å²) in [5, 5.41) is 2.11. The van der Waals surface area contributed by atoms with Crippen LogP contribution in [-0.2, 0) is 11.2 Å². The van der Waals surface area contributed by atoms with Crippen LogP contribution in [0.15, 0.2) is 29.6 Å². The fourth-order valence-electron chi connectivity index (χ4n) is 2.94. The molecular formula is C18H21NO2S. The van der Waals surface area contributed by atoms with Crippen LogP contribution >= 0.6 is 11.3 Å². The van der Waals surface area contributed by atoms with Gasteiger partial charge >= 0.3 is 0 Å². The van der Waals surface area contributed by atoms with E-state index < -0.39 is 0 Å². The van der Waals surface area contributed by atoms with E-state index in [0.29, 0.717) is 0 Å². The first kappa shape index (κ1) is 15.1. The number of hydrogen-bond donors (Lipinski definition) is 0. The average molecular weight is 315 g/mol. The highest BCUT2D eigenvalue weighted by Crippen LogP contribution is 2.32. The molecule has 1 aromatic heterocycles. The molecule has 1 atom stereocenters. The Morgan fingerprint density at radius 3 is 3.00 bits per heavy atom. The maximum Gasteiger partial charge on any atom is 0.261 e. The van der Waals surface area contributed by atoms with Crippen molar-refractivity contribution >= 4 is 17.2 Å². The molecule has 2 heterocycles. The smallest absolute Gasteiger partial charge is 0.261 e. The van der Waals surface area contributed by atoms with Gasteiger partial charge in [0.1, 0.15) is 5.75 Å². The third-order valence-corrected chi connectivity index (χ3v) is 5.29. The summed E-state index contributed by atoms with van der Waals surface area (Å²) in [6, 6.07) is 8.34. The van der Waals surface area contributed by atoms with Crippen LogP contribution in [-0.4, -0.2) is 24.0 Å². The number of fused-ring (bicyclic) bond motifs is 1. The summed E-state index contributed by atoms with van der Waals surface area (Å²) in [7, 11) is 0. The summed E-state index contributed by atoms with van der Waals surface area (Å²) in [5.74, 6) is 0.861. The molecule has 4 heteroatoms. The summed E-state index contributed by atoms with van der Waals surface area (Å²) in [5.41, 5.74) is 3.49. The molecule has 3 rings (SSSR count). The second kappa shape index (κ2) is 6.13. The first-order valence-corrected chi connectivity index (χ1v) is 8.50. The van der Waals surface area contributed by atoms with Gasteiger partial charge in [0.2, 0.25) is 0 Å². The van der Waals surface area contributed by atoms with Gasteiger partial charge in [-0.15, -0.1) is 11.3 Å². The van der Waals surface area contributed by atoms with Crippen molar-refractivity contribution in [1.82, 2.24) is 4.90 Å². The molecule has 0 aliphatic carbocycles. The Bertz CT molecular complexity index is 692. The average Bonchev–Trinajstić information content (AvgIpc) is 2.98. The van der Waals surface area contributed by atoms with Gasteiger partial charge in [-0.25, -0.2) is 0 Å². The molecule has 0 N–H and O–H groups in total. The van der Waals surface area contributed by atoms with Crippen LogP contribution in [0.4, 0.5) is 0 Å². The molecule has 1 aliphatic heterocycles. The highest BCUT2D eigenvalue weighted by molar-refractivity contribution is 7.10. The number of aryl methyl sites for hydroxylation is 2. The second-order valence-corrected chi connectivity index (χ2v) is 6.87. The topological polar surface area (TPSA) is 29.5 Å². The number of benzene rings is 1. The molecule has 22 heavy (non-hydrogen) atoms. The van der Waals surface area contributed by atoms with E-state index in [9.17, 15) is 4.79 Å². The lowest BCUT2D eigenvalue weighted by Crippen LogP contribution is -2.40. The summed E-state index contributed by atoms with van der Waals surface area (Å²) < 4.78 is 5.76. The van der Waals surface area contributed by atoms with Crippen LogP contribution in [0.2, 0.25) is 0 Å². The first-order valence-electron chi connectivity index (χ1n) is 7.62. The van der Waals surface area contributed by atoms with Crippen LogP contribution in [0, 0.1) is 13.8 Å². The predicted molar refractivity (Wildman–Crippen MR) is 89.6 cm³/mol. The van der Waals surface area contributed by atoms with Gasteiger partial charge in [0.15, 0.2) is 6.61 Å². The number of amides is 1. The third kappa shape index (κ3) is 2.88. The largest absolute Gasteiger partial charge is 0.483 e. The normalized spacial score (nSPS) is 17.2. The highest BCUT2D eigenvalue weighted by Gasteiger charge is 2.28. The Morgan fingerprint density at radius 1 is 1.36 bits per heavy atom. The first-order chi connectivity index (χ1) is 10.6. The molecule has 0 radical (unpaired) electrons. The van der Waals surface area contributed by atoms with Crippen molar-refractivity contribution in [1.29, 1.82) is 0 Å². The van der Waals surface area contributed by atoms with Gasteiger partial charge in [-0.05, 0) is 61.4 Å². The van der Waals surface area contributed by atoms with E-state index in [4.69, 9.17) is 4.74 Å². The number of nitrogens with zero attached hydrogens (tertiary/aromatic N) is 1. The minimum atomic E-state index is 0.0604. The van der Waals surface area contributed by atoms with Gasteiger partial charge in [0.05, 0.1) is 6.04 Å². The molecular weight excluding hydrogens is 294 g/mol. The van der Waals surface area contributed by atoms with Crippen molar-refractivity contribution in [2.75, 3.05) is 13.2 Å². The Balaban J connectivity index is 1.67. The zero-order valence-corrected chi connectivity index (χ0v) is 14.1. The predicted octanol–water partition coefficient (Wildman–Crippen LogP) is 3.89. The van der Waals surface area contributed by atoms with Gasteiger partial charge in [0.25, 0.3) is 5.91 Å². The lowest BCUT2D eigenvalue weighted by molar-refractivity contribution is -0.135. The quantitative estimate of drug-likeness (QED) is 0.860. The van der Waals surface area contributed by atoms with Crippen molar-refractivity contribution < 1.29 is 9.53 Å². The molecule has 3 nitrogen and oxygen atoms in total. The fourth-order valence-corrected chi connectivity index (χ4v) is 3.90. The Kier molecular flexibility index (Phi) is 4.21. The molecule has 0 fully saturated rings. The van der Waals surface area contributed by atoms with Crippen LogP contribution in [0.3, 0.4) is 0 Å². The zero-order valence-electron chi connectivity index (χ0n) is 13.3. The number of thiophene rings is 1.